The molecule has 2 saturated heterocycles. The van der Waals surface area contributed by atoms with E-state index in [2.05, 4.69) is 30.5 Å². The largest absolute Gasteiger partial charge is 0.481 e. The van der Waals surface area contributed by atoms with Crippen LogP contribution in [0.5, 0.6) is 0 Å². The van der Waals surface area contributed by atoms with E-state index in [1.807, 2.05) is 13.0 Å². The number of rotatable bonds is 7. The van der Waals surface area contributed by atoms with Gasteiger partial charge in [0.1, 0.15) is 6.10 Å². The standard InChI is InChI=1S/C27H39NO7S/c1-19-9-5-3-4-6-10-20(2)15-25(31)34-22-16-21(13-12-19)35-27(17-22,23-18-36-26(32)28-23)33-14-8-7-11-24(29)30/h3-5,9,15,19,21-23H,6-8,10-14,16-18H2,1-2H3,(H,28,32)(H,29,30)/b4-3+,9-5-,20-15-/t19-,21-,22-,23+,27-/m1/s1. The molecular weight excluding hydrogens is 482 g/mol. The number of thioether (sulfide) groups is 1. The molecule has 0 saturated carbocycles. The maximum atomic E-state index is 12.7. The fourth-order valence-corrected chi connectivity index (χ4v) is 5.64. The van der Waals surface area contributed by atoms with Crippen molar-refractivity contribution < 1.29 is 33.7 Å². The topological polar surface area (TPSA) is 111 Å². The van der Waals surface area contributed by atoms with Crippen molar-refractivity contribution in [1.29, 1.82) is 0 Å². The Hall–Kier alpha value is -2.10. The highest BCUT2D eigenvalue weighted by atomic mass is 32.2. The summed E-state index contributed by atoms with van der Waals surface area (Å²) in [5.74, 6) is -1.51. The Labute approximate surface area is 217 Å². The molecule has 9 heteroatoms. The zero-order valence-corrected chi connectivity index (χ0v) is 22.1. The van der Waals surface area contributed by atoms with E-state index in [4.69, 9.17) is 19.3 Å². The van der Waals surface area contributed by atoms with Crippen molar-refractivity contribution in [2.45, 2.75) is 95.7 Å². The van der Waals surface area contributed by atoms with Crippen LogP contribution in [0.2, 0.25) is 0 Å². The Morgan fingerprint density at radius 2 is 2.08 bits per heavy atom. The predicted octanol–water partition coefficient (Wildman–Crippen LogP) is 5.14. The minimum absolute atomic E-state index is 0.0718. The molecule has 0 unspecified atom stereocenters. The molecule has 8 nitrogen and oxygen atoms in total. The molecule has 0 aromatic heterocycles. The van der Waals surface area contributed by atoms with Crippen LogP contribution < -0.4 is 5.32 Å². The highest BCUT2D eigenvalue weighted by Crippen LogP contribution is 2.39. The molecule has 0 radical (unpaired) electrons. The molecular formula is C27H39NO7S. The number of carboxylic acid groups (broad SMARTS) is 1. The number of unbranched alkanes of at least 4 members (excludes halogenated alkanes) is 1. The maximum Gasteiger partial charge on any atom is 0.330 e. The first-order chi connectivity index (χ1) is 17.3. The fraction of sp³-hybridized carbons (Fsp3) is 0.667. The van der Waals surface area contributed by atoms with E-state index in [1.54, 1.807) is 6.08 Å². The van der Waals surface area contributed by atoms with Crippen LogP contribution in [0.3, 0.4) is 0 Å². The van der Waals surface area contributed by atoms with Crippen LogP contribution in [0.25, 0.3) is 0 Å². The van der Waals surface area contributed by atoms with Crippen LogP contribution in [0.15, 0.2) is 36.0 Å². The second kappa shape index (κ2) is 14.0. The average Bonchev–Trinajstić information content (AvgIpc) is 3.26. The Balaban J connectivity index is 1.81. The number of amides is 1. The number of hydrogen-bond donors (Lipinski definition) is 2. The molecule has 0 aromatic carbocycles. The number of ether oxygens (including phenoxy) is 3. The van der Waals surface area contributed by atoms with Gasteiger partial charge in [0.05, 0.1) is 18.8 Å². The zero-order chi connectivity index (χ0) is 26.0. The number of fused-ring (bicyclic) bond motifs is 2. The first kappa shape index (κ1) is 28.5. The highest BCUT2D eigenvalue weighted by Gasteiger charge is 2.51. The summed E-state index contributed by atoms with van der Waals surface area (Å²) in [6.45, 7) is 4.39. The third-order valence-corrected chi connectivity index (χ3v) is 7.60. The number of hydrogen-bond acceptors (Lipinski definition) is 7. The first-order valence-electron chi connectivity index (χ1n) is 12.9. The van der Waals surface area contributed by atoms with Crippen LogP contribution >= 0.6 is 11.8 Å². The second-order valence-corrected chi connectivity index (χ2v) is 10.9. The van der Waals surface area contributed by atoms with Crippen LogP contribution in [-0.4, -0.2) is 58.7 Å². The average molecular weight is 522 g/mol. The lowest BCUT2D eigenvalue weighted by molar-refractivity contribution is -0.306. The quantitative estimate of drug-likeness (QED) is 0.350. The van der Waals surface area contributed by atoms with Crippen molar-refractivity contribution >= 4 is 28.9 Å². The van der Waals surface area contributed by atoms with Crippen molar-refractivity contribution in [3.8, 4) is 0 Å². The molecule has 0 aliphatic carbocycles. The molecule has 200 valence electrons. The van der Waals surface area contributed by atoms with E-state index in [9.17, 15) is 14.4 Å². The fourth-order valence-electron chi connectivity index (χ4n) is 4.76. The Kier molecular flexibility index (Phi) is 11.1. The van der Waals surface area contributed by atoms with Gasteiger partial charge in [-0.3, -0.25) is 9.59 Å². The van der Waals surface area contributed by atoms with Crippen molar-refractivity contribution in [3.05, 3.63) is 36.0 Å². The van der Waals surface area contributed by atoms with Crippen LogP contribution in [0, 0.1) is 5.92 Å². The Morgan fingerprint density at radius 1 is 1.25 bits per heavy atom. The van der Waals surface area contributed by atoms with Crippen molar-refractivity contribution in [2.75, 3.05) is 12.4 Å². The monoisotopic (exact) mass is 521 g/mol. The summed E-state index contributed by atoms with van der Waals surface area (Å²) < 4.78 is 18.9. The normalized spacial score (nSPS) is 35.2. The third-order valence-electron chi connectivity index (χ3n) is 6.72. The lowest BCUT2D eigenvalue weighted by atomic mass is 9.90. The number of carbonyl (C=O) groups excluding carboxylic acids is 2. The van der Waals surface area contributed by atoms with E-state index in [0.717, 1.165) is 31.3 Å². The van der Waals surface area contributed by atoms with E-state index in [-0.39, 0.29) is 29.8 Å². The zero-order valence-electron chi connectivity index (χ0n) is 21.3. The van der Waals surface area contributed by atoms with Gasteiger partial charge >= 0.3 is 11.9 Å². The van der Waals surface area contributed by atoms with E-state index in [1.165, 1.54) is 11.8 Å². The molecule has 3 aliphatic heterocycles. The molecule has 36 heavy (non-hydrogen) atoms. The molecule has 1 amide bonds. The third kappa shape index (κ3) is 9.09. The molecule has 5 atom stereocenters. The van der Waals surface area contributed by atoms with Gasteiger partial charge in [0.15, 0.2) is 5.79 Å². The summed E-state index contributed by atoms with van der Waals surface area (Å²) in [5, 5.41) is 11.8. The molecule has 3 aliphatic rings. The first-order valence-corrected chi connectivity index (χ1v) is 13.9. The summed E-state index contributed by atoms with van der Waals surface area (Å²) in [6.07, 6.45) is 14.6. The summed E-state index contributed by atoms with van der Waals surface area (Å²) in [6, 6.07) is -0.385. The predicted molar refractivity (Wildman–Crippen MR) is 139 cm³/mol. The van der Waals surface area contributed by atoms with Gasteiger partial charge in [-0.1, -0.05) is 48.6 Å². The smallest absolute Gasteiger partial charge is 0.330 e. The van der Waals surface area contributed by atoms with Gasteiger partial charge in [-0.15, -0.1) is 0 Å². The SMILES string of the molecule is C/C1=C/C(=O)O[C@@H]2C[C@@H](CC[C@H](C)/C=C\C=C\CC1)O[C@@](OCCCCC(=O)O)([C@@H]1CSC(=O)N1)C2. The number of aliphatic carboxylic acids is 1. The minimum Gasteiger partial charge on any atom is -0.481 e. The van der Waals surface area contributed by atoms with Gasteiger partial charge in [0.2, 0.25) is 0 Å². The molecule has 2 bridgehead atoms. The van der Waals surface area contributed by atoms with Crippen LogP contribution in [0.1, 0.15) is 71.6 Å². The van der Waals surface area contributed by atoms with Crippen molar-refractivity contribution in [2.24, 2.45) is 5.92 Å². The molecule has 3 rings (SSSR count). The molecule has 2 fully saturated rings. The summed E-state index contributed by atoms with van der Waals surface area (Å²) >= 11 is 1.19. The highest BCUT2D eigenvalue weighted by molar-refractivity contribution is 8.14. The number of carbonyl (C=O) groups is 3. The molecule has 0 spiro atoms. The van der Waals surface area contributed by atoms with E-state index < -0.39 is 17.9 Å². The maximum absolute atomic E-state index is 12.7. The van der Waals surface area contributed by atoms with E-state index in [0.29, 0.717) is 44.0 Å². The second-order valence-electron chi connectivity index (χ2n) is 9.94. The number of esters is 1. The van der Waals surface area contributed by atoms with Crippen molar-refractivity contribution in [1.82, 2.24) is 5.32 Å². The van der Waals surface area contributed by atoms with Gasteiger partial charge in [0.25, 0.3) is 5.24 Å². The number of carboxylic acids is 1. The summed E-state index contributed by atoms with van der Waals surface area (Å²) in [4.78, 5) is 35.7. The Bertz CT molecular complexity index is 870. The lowest BCUT2D eigenvalue weighted by Crippen LogP contribution is -2.60. The van der Waals surface area contributed by atoms with Crippen molar-refractivity contribution in [3.63, 3.8) is 0 Å². The number of allylic oxidation sites excluding steroid dienone is 5. The van der Waals surface area contributed by atoms with E-state index >= 15 is 0 Å². The van der Waals surface area contributed by atoms with Gasteiger partial charge < -0.3 is 24.6 Å². The summed E-state index contributed by atoms with van der Waals surface area (Å²) in [7, 11) is 0. The Morgan fingerprint density at radius 3 is 2.83 bits per heavy atom. The summed E-state index contributed by atoms with van der Waals surface area (Å²) in [5.41, 5.74) is 0.957. The number of nitrogens with one attached hydrogen (secondary N) is 1. The van der Waals surface area contributed by atoms with Gasteiger partial charge in [0, 0.05) is 31.1 Å². The minimum atomic E-state index is -1.14. The van der Waals surface area contributed by atoms with Gasteiger partial charge in [-0.05, 0) is 51.4 Å². The molecule has 3 heterocycles. The van der Waals surface area contributed by atoms with Gasteiger partial charge in [-0.2, -0.15) is 0 Å². The van der Waals surface area contributed by atoms with Gasteiger partial charge in [-0.25, -0.2) is 4.79 Å². The lowest BCUT2D eigenvalue weighted by Gasteiger charge is -2.46. The molecule has 0 aromatic rings. The van der Waals surface area contributed by atoms with Crippen LogP contribution in [0.4, 0.5) is 4.79 Å². The molecule has 2 N–H and O–H groups in total. The van der Waals surface area contributed by atoms with Crippen LogP contribution in [-0.2, 0) is 23.8 Å².